The maximum absolute atomic E-state index is 5.37. The predicted molar refractivity (Wildman–Crippen MR) is 75.4 cm³/mol. The maximum atomic E-state index is 5.37. The smallest absolute Gasteiger partial charge is 0.195 e. The van der Waals surface area contributed by atoms with E-state index < -0.39 is 0 Å². The molecule has 3 aromatic rings. The molecule has 0 aliphatic heterocycles. The Bertz CT molecular complexity index is 740. The molecule has 1 N–H and O–H groups in total. The van der Waals surface area contributed by atoms with Gasteiger partial charge in [-0.3, -0.25) is 9.67 Å². The number of nitrogens with zero attached hydrogens (tertiary/aromatic N) is 2. The van der Waals surface area contributed by atoms with Crippen LogP contribution in [-0.2, 0) is 6.54 Å². The van der Waals surface area contributed by atoms with Crippen molar-refractivity contribution in [1.82, 2.24) is 14.8 Å². The van der Waals surface area contributed by atoms with E-state index in [1.165, 1.54) is 0 Å². The number of rotatable bonds is 3. The van der Waals surface area contributed by atoms with Gasteiger partial charge in [0, 0.05) is 5.56 Å². The number of furan rings is 1. The largest absolute Gasteiger partial charge is 0.467 e. The monoisotopic (exact) mass is 271 g/mol. The van der Waals surface area contributed by atoms with Gasteiger partial charge in [0.2, 0.25) is 0 Å². The minimum atomic E-state index is 0.575. The molecule has 2 aromatic heterocycles. The average molecular weight is 271 g/mol. The maximum Gasteiger partial charge on any atom is 0.195 e. The van der Waals surface area contributed by atoms with Crippen molar-refractivity contribution < 1.29 is 4.42 Å². The Balaban J connectivity index is 2.09. The van der Waals surface area contributed by atoms with E-state index in [1.807, 2.05) is 34.9 Å². The van der Waals surface area contributed by atoms with Gasteiger partial charge in [-0.05, 0) is 36.8 Å². The van der Waals surface area contributed by atoms with E-state index in [0.717, 1.165) is 22.7 Å². The highest BCUT2D eigenvalue weighted by Crippen LogP contribution is 2.22. The van der Waals surface area contributed by atoms with Crippen LogP contribution in [0, 0.1) is 11.7 Å². The molecule has 0 bridgehead atoms. The normalized spacial score (nSPS) is 10.8. The molecule has 0 spiro atoms. The standard InChI is InChI=1S/C14H13N3OS/c1-10-5-2-3-7-12(10)13-15-16-14(19)17(13)9-11-6-4-8-18-11/h2-8H,9H2,1H3,(H,16,19). The lowest BCUT2D eigenvalue weighted by Gasteiger charge is -2.07. The zero-order chi connectivity index (χ0) is 13.2. The Morgan fingerprint density at radius 1 is 1.26 bits per heavy atom. The molecule has 0 aliphatic carbocycles. The van der Waals surface area contributed by atoms with Crippen LogP contribution >= 0.6 is 12.2 Å². The summed E-state index contributed by atoms with van der Waals surface area (Å²) in [5.74, 6) is 1.69. The highest BCUT2D eigenvalue weighted by Gasteiger charge is 2.11. The summed E-state index contributed by atoms with van der Waals surface area (Å²) < 4.78 is 7.91. The van der Waals surface area contributed by atoms with Crippen molar-refractivity contribution in [2.24, 2.45) is 0 Å². The minimum absolute atomic E-state index is 0.575. The van der Waals surface area contributed by atoms with Crippen LogP contribution in [0.1, 0.15) is 11.3 Å². The van der Waals surface area contributed by atoms with Crippen molar-refractivity contribution in [3.05, 3.63) is 58.8 Å². The second-order valence-electron chi connectivity index (χ2n) is 4.33. The molecule has 5 heteroatoms. The van der Waals surface area contributed by atoms with E-state index in [2.05, 4.69) is 23.2 Å². The van der Waals surface area contributed by atoms with Gasteiger partial charge in [0.25, 0.3) is 0 Å². The first kappa shape index (κ1) is 11.9. The number of aromatic nitrogens is 3. The molecule has 1 aromatic carbocycles. The number of benzene rings is 1. The number of nitrogens with one attached hydrogen (secondary N) is 1. The molecule has 0 saturated carbocycles. The summed E-state index contributed by atoms with van der Waals surface area (Å²) in [6, 6.07) is 11.9. The van der Waals surface area contributed by atoms with E-state index in [0.29, 0.717) is 11.3 Å². The van der Waals surface area contributed by atoms with Gasteiger partial charge in [0.1, 0.15) is 5.76 Å². The molecule has 0 radical (unpaired) electrons. The van der Waals surface area contributed by atoms with Crippen LogP contribution in [0.4, 0.5) is 0 Å². The first-order chi connectivity index (χ1) is 9.25. The van der Waals surface area contributed by atoms with E-state index in [1.54, 1.807) is 6.26 Å². The van der Waals surface area contributed by atoms with Gasteiger partial charge in [-0.1, -0.05) is 24.3 Å². The summed E-state index contributed by atoms with van der Waals surface area (Å²) in [6.45, 7) is 2.64. The van der Waals surface area contributed by atoms with Crippen LogP contribution in [0.5, 0.6) is 0 Å². The quantitative estimate of drug-likeness (QED) is 0.741. The van der Waals surface area contributed by atoms with Gasteiger partial charge in [-0.2, -0.15) is 5.10 Å². The summed E-state index contributed by atoms with van der Waals surface area (Å²) in [5.41, 5.74) is 2.23. The summed E-state index contributed by atoms with van der Waals surface area (Å²) in [6.07, 6.45) is 1.66. The molecule has 0 fully saturated rings. The fourth-order valence-electron chi connectivity index (χ4n) is 2.05. The van der Waals surface area contributed by atoms with Crippen LogP contribution < -0.4 is 0 Å². The number of aromatic amines is 1. The summed E-state index contributed by atoms with van der Waals surface area (Å²) in [7, 11) is 0. The van der Waals surface area contributed by atoms with Crippen LogP contribution in [0.15, 0.2) is 47.1 Å². The minimum Gasteiger partial charge on any atom is -0.467 e. The fraction of sp³-hybridized carbons (Fsp3) is 0.143. The third kappa shape index (κ3) is 2.24. The van der Waals surface area contributed by atoms with E-state index in [-0.39, 0.29) is 0 Å². The fourth-order valence-corrected chi connectivity index (χ4v) is 2.25. The van der Waals surface area contributed by atoms with Gasteiger partial charge in [0.15, 0.2) is 10.6 Å². The molecule has 4 nitrogen and oxygen atoms in total. The lowest BCUT2D eigenvalue weighted by molar-refractivity contribution is 0.493. The zero-order valence-corrected chi connectivity index (χ0v) is 11.3. The van der Waals surface area contributed by atoms with Crippen molar-refractivity contribution in [3.63, 3.8) is 0 Å². The number of hydrogen-bond acceptors (Lipinski definition) is 3. The summed E-state index contributed by atoms with van der Waals surface area (Å²) in [5, 5.41) is 7.18. The number of aryl methyl sites for hydroxylation is 1. The second kappa shape index (κ2) is 4.85. The predicted octanol–water partition coefficient (Wildman–Crippen LogP) is 3.56. The highest BCUT2D eigenvalue weighted by atomic mass is 32.1. The third-order valence-electron chi connectivity index (χ3n) is 3.04. The van der Waals surface area contributed by atoms with E-state index in [4.69, 9.17) is 16.6 Å². The van der Waals surface area contributed by atoms with Crippen molar-refractivity contribution >= 4 is 12.2 Å². The molecular formula is C14H13N3OS. The molecule has 0 atom stereocenters. The van der Waals surface area contributed by atoms with Gasteiger partial charge < -0.3 is 4.42 Å². The van der Waals surface area contributed by atoms with Gasteiger partial charge in [-0.25, -0.2) is 0 Å². The van der Waals surface area contributed by atoms with Crippen LogP contribution in [0.25, 0.3) is 11.4 Å². The van der Waals surface area contributed by atoms with Crippen molar-refractivity contribution in [1.29, 1.82) is 0 Å². The van der Waals surface area contributed by atoms with Crippen molar-refractivity contribution in [2.45, 2.75) is 13.5 Å². The zero-order valence-electron chi connectivity index (χ0n) is 10.5. The first-order valence-electron chi connectivity index (χ1n) is 5.99. The van der Waals surface area contributed by atoms with E-state index in [9.17, 15) is 0 Å². The molecule has 2 heterocycles. The molecular weight excluding hydrogens is 258 g/mol. The first-order valence-corrected chi connectivity index (χ1v) is 6.40. The van der Waals surface area contributed by atoms with Crippen LogP contribution in [0.3, 0.4) is 0 Å². The Morgan fingerprint density at radius 2 is 2.11 bits per heavy atom. The second-order valence-corrected chi connectivity index (χ2v) is 4.72. The molecule has 0 amide bonds. The third-order valence-corrected chi connectivity index (χ3v) is 3.35. The highest BCUT2D eigenvalue weighted by molar-refractivity contribution is 7.71. The van der Waals surface area contributed by atoms with Gasteiger partial charge in [-0.15, -0.1) is 0 Å². The Morgan fingerprint density at radius 3 is 2.84 bits per heavy atom. The molecule has 19 heavy (non-hydrogen) atoms. The lowest BCUT2D eigenvalue weighted by Crippen LogP contribution is -2.02. The topological polar surface area (TPSA) is 46.8 Å². The number of H-pyrrole nitrogens is 1. The summed E-state index contributed by atoms with van der Waals surface area (Å²) in [4.78, 5) is 0. The molecule has 0 saturated heterocycles. The van der Waals surface area contributed by atoms with Gasteiger partial charge >= 0.3 is 0 Å². The SMILES string of the molecule is Cc1ccccc1-c1n[nH]c(=S)n1Cc1ccco1. The average Bonchev–Trinajstić information content (AvgIpc) is 3.03. The molecule has 0 aliphatic rings. The van der Waals surface area contributed by atoms with Crippen molar-refractivity contribution in [3.8, 4) is 11.4 Å². The Labute approximate surface area is 115 Å². The number of hydrogen-bond donors (Lipinski definition) is 1. The summed E-state index contributed by atoms with van der Waals surface area (Å²) >= 11 is 5.29. The van der Waals surface area contributed by atoms with Crippen LogP contribution in [-0.4, -0.2) is 14.8 Å². The Kier molecular flexibility index (Phi) is 3.05. The Hall–Kier alpha value is -2.14. The lowest BCUT2D eigenvalue weighted by atomic mass is 10.1. The van der Waals surface area contributed by atoms with E-state index >= 15 is 0 Å². The van der Waals surface area contributed by atoms with Crippen molar-refractivity contribution in [2.75, 3.05) is 0 Å². The van der Waals surface area contributed by atoms with Crippen LogP contribution in [0.2, 0.25) is 0 Å². The van der Waals surface area contributed by atoms with Gasteiger partial charge in [0.05, 0.1) is 12.8 Å². The molecule has 0 unspecified atom stereocenters. The molecule has 3 rings (SSSR count). The molecule has 96 valence electrons.